The first kappa shape index (κ1) is 22.0. The molecule has 1 aliphatic carbocycles. The molecule has 0 amide bonds. The molecule has 2 aliphatic rings. The van der Waals surface area contributed by atoms with Crippen LogP contribution in [-0.2, 0) is 11.2 Å². The number of benzene rings is 2. The molecule has 34 heavy (non-hydrogen) atoms. The Hall–Kier alpha value is -3.81. The third-order valence-electron chi connectivity index (χ3n) is 6.22. The van der Waals surface area contributed by atoms with Gasteiger partial charge in [-0.05, 0) is 73.6 Å². The summed E-state index contributed by atoms with van der Waals surface area (Å²) >= 11 is 0. The molecule has 2 N–H and O–H groups in total. The molecule has 0 unspecified atom stereocenters. The summed E-state index contributed by atoms with van der Waals surface area (Å²) in [5, 5.41) is 12.5. The lowest BCUT2D eigenvalue weighted by Crippen LogP contribution is -2.10. The number of hydrogen-bond donors (Lipinski definition) is 2. The van der Waals surface area contributed by atoms with Gasteiger partial charge in [0.15, 0.2) is 17.3 Å². The molecule has 176 valence electrons. The van der Waals surface area contributed by atoms with E-state index in [1.165, 1.54) is 5.56 Å². The highest BCUT2D eigenvalue weighted by molar-refractivity contribution is 5.68. The second-order valence-electron chi connectivity index (χ2n) is 8.62. The topological polar surface area (TPSA) is 103 Å². The van der Waals surface area contributed by atoms with Crippen LogP contribution in [0.3, 0.4) is 0 Å². The molecule has 0 spiro atoms. The Labute approximate surface area is 197 Å². The Morgan fingerprint density at radius 2 is 2.09 bits per heavy atom. The van der Waals surface area contributed by atoms with Crippen molar-refractivity contribution in [3.05, 3.63) is 59.3 Å². The van der Waals surface area contributed by atoms with Crippen LogP contribution in [0.2, 0.25) is 0 Å². The minimum atomic E-state index is -0.743. The fraction of sp³-hybridized carbons (Fsp3) is 0.346. The summed E-state index contributed by atoms with van der Waals surface area (Å²) in [4.78, 5) is 20.2. The standard InChI is InChI=1S/C26H27N3O5/c1-16-14-28-26(19-5-8-22-23(12-19)34-15-33-22)29-25(16)27-9-2-10-32-20-6-7-21-17(11-20)3-4-18(21)13-24(30)31/h5-8,11-12,14,18H,2-4,9-10,13,15H2,1H3,(H,30,31)(H,27,28,29)/t18-/m0/s1. The van der Waals surface area contributed by atoms with Gasteiger partial charge in [-0.2, -0.15) is 0 Å². The van der Waals surface area contributed by atoms with Gasteiger partial charge in [0, 0.05) is 23.9 Å². The molecule has 1 aliphatic heterocycles. The highest BCUT2D eigenvalue weighted by atomic mass is 16.7. The normalized spacial score (nSPS) is 15.7. The maximum atomic E-state index is 11.0. The van der Waals surface area contributed by atoms with Crippen molar-refractivity contribution in [1.29, 1.82) is 0 Å². The number of ether oxygens (including phenoxy) is 3. The van der Waals surface area contributed by atoms with Crippen molar-refractivity contribution < 1.29 is 24.1 Å². The highest BCUT2D eigenvalue weighted by Crippen LogP contribution is 2.37. The van der Waals surface area contributed by atoms with Gasteiger partial charge in [-0.25, -0.2) is 9.97 Å². The van der Waals surface area contributed by atoms with Gasteiger partial charge in [0.1, 0.15) is 11.6 Å². The van der Waals surface area contributed by atoms with Crippen molar-refractivity contribution in [2.24, 2.45) is 0 Å². The van der Waals surface area contributed by atoms with E-state index in [-0.39, 0.29) is 19.1 Å². The Kier molecular flexibility index (Phi) is 6.20. The Morgan fingerprint density at radius 1 is 1.21 bits per heavy atom. The van der Waals surface area contributed by atoms with E-state index in [2.05, 4.69) is 21.4 Å². The van der Waals surface area contributed by atoms with Crippen molar-refractivity contribution in [2.75, 3.05) is 25.3 Å². The summed E-state index contributed by atoms with van der Waals surface area (Å²) in [6.07, 6.45) is 4.61. The van der Waals surface area contributed by atoms with Gasteiger partial charge in [0.05, 0.1) is 13.0 Å². The number of aromatic nitrogens is 2. The average Bonchev–Trinajstić information content (AvgIpc) is 3.46. The quantitative estimate of drug-likeness (QED) is 0.447. The number of nitrogens with zero attached hydrogens (tertiary/aromatic N) is 2. The van der Waals surface area contributed by atoms with E-state index in [9.17, 15) is 4.79 Å². The number of aliphatic carboxylic acids is 1. The zero-order valence-electron chi connectivity index (χ0n) is 19.0. The molecular formula is C26H27N3O5. The Morgan fingerprint density at radius 3 is 2.97 bits per heavy atom. The first-order valence-electron chi connectivity index (χ1n) is 11.5. The Balaban J connectivity index is 1.13. The molecule has 0 radical (unpaired) electrons. The van der Waals surface area contributed by atoms with Crippen LogP contribution in [0.5, 0.6) is 17.2 Å². The van der Waals surface area contributed by atoms with Crippen LogP contribution in [0.4, 0.5) is 5.82 Å². The number of fused-ring (bicyclic) bond motifs is 2. The molecule has 0 fully saturated rings. The van der Waals surface area contributed by atoms with E-state index < -0.39 is 5.97 Å². The van der Waals surface area contributed by atoms with Crippen LogP contribution < -0.4 is 19.5 Å². The third kappa shape index (κ3) is 4.76. The van der Waals surface area contributed by atoms with Crippen LogP contribution in [0.25, 0.3) is 11.4 Å². The predicted octanol–water partition coefficient (Wildman–Crippen LogP) is 4.57. The maximum absolute atomic E-state index is 11.0. The molecule has 1 aromatic heterocycles. The van der Waals surface area contributed by atoms with E-state index in [0.717, 1.165) is 53.3 Å². The number of nitrogens with one attached hydrogen (secondary N) is 1. The second-order valence-corrected chi connectivity index (χ2v) is 8.62. The number of aryl methyl sites for hydroxylation is 2. The van der Waals surface area contributed by atoms with Crippen molar-refractivity contribution in [2.45, 2.75) is 38.5 Å². The molecule has 2 aromatic carbocycles. The zero-order chi connectivity index (χ0) is 23.5. The van der Waals surface area contributed by atoms with Crippen LogP contribution in [-0.4, -0.2) is 41.0 Å². The average molecular weight is 462 g/mol. The van der Waals surface area contributed by atoms with Crippen molar-refractivity contribution in [3.63, 3.8) is 0 Å². The van der Waals surface area contributed by atoms with Gasteiger partial charge in [0.25, 0.3) is 0 Å². The molecule has 8 nitrogen and oxygen atoms in total. The fourth-order valence-electron chi connectivity index (χ4n) is 4.46. The van der Waals surface area contributed by atoms with Crippen LogP contribution >= 0.6 is 0 Å². The smallest absolute Gasteiger partial charge is 0.303 e. The first-order valence-corrected chi connectivity index (χ1v) is 11.5. The molecule has 0 saturated carbocycles. The van der Waals surface area contributed by atoms with E-state index in [1.807, 2.05) is 43.5 Å². The third-order valence-corrected chi connectivity index (χ3v) is 6.22. The van der Waals surface area contributed by atoms with Crippen molar-refractivity contribution in [1.82, 2.24) is 9.97 Å². The number of anilines is 1. The van der Waals surface area contributed by atoms with Gasteiger partial charge in [0.2, 0.25) is 6.79 Å². The van der Waals surface area contributed by atoms with Gasteiger partial charge < -0.3 is 24.6 Å². The minimum absolute atomic E-state index is 0.115. The Bertz CT molecular complexity index is 1210. The molecule has 3 aromatic rings. The van der Waals surface area contributed by atoms with E-state index in [1.54, 1.807) is 0 Å². The summed E-state index contributed by atoms with van der Waals surface area (Å²) in [5.74, 6) is 3.07. The molecule has 0 saturated heterocycles. The van der Waals surface area contributed by atoms with Gasteiger partial charge >= 0.3 is 5.97 Å². The van der Waals surface area contributed by atoms with Gasteiger partial charge in [-0.3, -0.25) is 4.79 Å². The number of carboxylic acids is 1. The van der Waals surface area contributed by atoms with Gasteiger partial charge in [-0.15, -0.1) is 0 Å². The van der Waals surface area contributed by atoms with Crippen molar-refractivity contribution in [3.8, 4) is 28.6 Å². The predicted molar refractivity (Wildman–Crippen MR) is 127 cm³/mol. The molecule has 2 heterocycles. The molecule has 8 heteroatoms. The molecule has 5 rings (SSSR count). The second kappa shape index (κ2) is 9.59. The summed E-state index contributed by atoms with van der Waals surface area (Å²) < 4.78 is 16.8. The van der Waals surface area contributed by atoms with Crippen LogP contribution in [0.15, 0.2) is 42.6 Å². The van der Waals surface area contributed by atoms with E-state index in [0.29, 0.717) is 24.7 Å². The summed E-state index contributed by atoms with van der Waals surface area (Å²) in [5.41, 5.74) is 4.20. The number of hydrogen-bond acceptors (Lipinski definition) is 7. The molecule has 1 atom stereocenters. The number of carboxylic acid groups (broad SMARTS) is 1. The van der Waals surface area contributed by atoms with Crippen LogP contribution in [0, 0.1) is 6.92 Å². The van der Waals surface area contributed by atoms with E-state index in [4.69, 9.17) is 19.3 Å². The van der Waals surface area contributed by atoms with Gasteiger partial charge in [-0.1, -0.05) is 6.07 Å². The molecule has 0 bridgehead atoms. The number of carbonyl (C=O) groups is 1. The highest BCUT2D eigenvalue weighted by Gasteiger charge is 2.24. The summed E-state index contributed by atoms with van der Waals surface area (Å²) in [7, 11) is 0. The lowest BCUT2D eigenvalue weighted by atomic mass is 9.98. The SMILES string of the molecule is Cc1cnc(-c2ccc3c(c2)OCO3)nc1NCCCOc1ccc2c(c1)CC[C@H]2CC(=O)O. The fourth-order valence-corrected chi connectivity index (χ4v) is 4.46. The monoisotopic (exact) mass is 461 g/mol. The van der Waals surface area contributed by atoms with E-state index >= 15 is 0 Å². The largest absolute Gasteiger partial charge is 0.494 e. The van der Waals surface area contributed by atoms with Crippen LogP contribution in [0.1, 0.15) is 41.9 Å². The maximum Gasteiger partial charge on any atom is 0.303 e. The lowest BCUT2D eigenvalue weighted by Gasteiger charge is -2.12. The summed E-state index contributed by atoms with van der Waals surface area (Å²) in [6.45, 7) is 3.50. The minimum Gasteiger partial charge on any atom is -0.494 e. The summed E-state index contributed by atoms with van der Waals surface area (Å²) in [6, 6.07) is 11.7. The number of rotatable bonds is 9. The zero-order valence-corrected chi connectivity index (χ0v) is 19.0. The lowest BCUT2D eigenvalue weighted by molar-refractivity contribution is -0.137. The van der Waals surface area contributed by atoms with Crippen molar-refractivity contribution >= 4 is 11.8 Å². The first-order chi connectivity index (χ1) is 16.6. The molecular weight excluding hydrogens is 434 g/mol.